The second-order valence-corrected chi connectivity index (χ2v) is 9.04. The van der Waals surface area contributed by atoms with E-state index >= 15 is 0 Å². The standard InChI is InChI=1S/C25H29ClN4O2S/c1-6-12-30-24(18(5)32-20-13-16(3)23(26)17(4)14-20)28-29-25(30)33-15-22(31)27-21-11-9-8-10-19(21)7-2/h6,8-11,13-14,18H,1,7,12,15H2,2-5H3,(H,27,31). The van der Waals surface area contributed by atoms with Crippen LogP contribution in [0.4, 0.5) is 5.69 Å². The first-order valence-corrected chi connectivity index (χ1v) is 12.2. The number of aromatic nitrogens is 3. The molecule has 1 aromatic heterocycles. The molecule has 0 fully saturated rings. The number of carbonyl (C=O) groups excluding carboxylic acids is 1. The van der Waals surface area contributed by atoms with Gasteiger partial charge >= 0.3 is 0 Å². The lowest BCUT2D eigenvalue weighted by Crippen LogP contribution is -2.16. The molecular formula is C25H29ClN4O2S. The minimum Gasteiger partial charge on any atom is -0.483 e. The maximum absolute atomic E-state index is 12.6. The molecule has 0 aliphatic carbocycles. The summed E-state index contributed by atoms with van der Waals surface area (Å²) in [5.41, 5.74) is 3.86. The van der Waals surface area contributed by atoms with Crippen LogP contribution < -0.4 is 10.1 Å². The number of ether oxygens (including phenoxy) is 1. The van der Waals surface area contributed by atoms with E-state index in [1.54, 1.807) is 6.08 Å². The number of thioether (sulfide) groups is 1. The van der Waals surface area contributed by atoms with E-state index < -0.39 is 0 Å². The number of allylic oxidation sites excluding steroid dienone is 1. The smallest absolute Gasteiger partial charge is 0.234 e. The van der Waals surface area contributed by atoms with Crippen LogP contribution in [0.3, 0.4) is 0 Å². The number of hydrogen-bond donors (Lipinski definition) is 1. The topological polar surface area (TPSA) is 69.0 Å². The van der Waals surface area contributed by atoms with E-state index in [-0.39, 0.29) is 17.8 Å². The molecule has 174 valence electrons. The third-order valence-corrected chi connectivity index (χ3v) is 6.71. The highest BCUT2D eigenvalue weighted by molar-refractivity contribution is 7.99. The number of aryl methyl sites for hydroxylation is 3. The fourth-order valence-corrected chi connectivity index (χ4v) is 4.37. The number of anilines is 1. The summed E-state index contributed by atoms with van der Waals surface area (Å²) in [5.74, 6) is 1.52. The molecular weight excluding hydrogens is 456 g/mol. The van der Waals surface area contributed by atoms with Gasteiger partial charge in [-0.25, -0.2) is 0 Å². The van der Waals surface area contributed by atoms with Crippen molar-refractivity contribution in [1.29, 1.82) is 0 Å². The molecule has 1 amide bonds. The van der Waals surface area contributed by atoms with Crippen LogP contribution in [0, 0.1) is 13.8 Å². The molecule has 0 saturated carbocycles. The molecule has 0 radical (unpaired) electrons. The van der Waals surface area contributed by atoms with E-state index in [0.29, 0.717) is 17.5 Å². The number of rotatable bonds is 10. The lowest BCUT2D eigenvalue weighted by molar-refractivity contribution is -0.113. The Morgan fingerprint density at radius 2 is 1.97 bits per heavy atom. The molecule has 1 heterocycles. The summed E-state index contributed by atoms with van der Waals surface area (Å²) < 4.78 is 8.06. The minimum atomic E-state index is -0.350. The summed E-state index contributed by atoms with van der Waals surface area (Å²) in [6, 6.07) is 11.6. The Kier molecular flexibility index (Phi) is 8.58. The fourth-order valence-electron chi connectivity index (χ4n) is 3.51. The van der Waals surface area contributed by atoms with Gasteiger partial charge in [-0.05, 0) is 62.1 Å². The van der Waals surface area contributed by atoms with Gasteiger partial charge in [0.1, 0.15) is 5.75 Å². The van der Waals surface area contributed by atoms with Crippen LogP contribution in [0.5, 0.6) is 5.75 Å². The van der Waals surface area contributed by atoms with Crippen molar-refractivity contribution in [2.45, 2.75) is 51.9 Å². The van der Waals surface area contributed by atoms with E-state index in [0.717, 1.165) is 39.6 Å². The number of nitrogens with zero attached hydrogens (tertiary/aromatic N) is 3. The molecule has 0 bridgehead atoms. The van der Waals surface area contributed by atoms with Crippen molar-refractivity contribution in [2.75, 3.05) is 11.1 Å². The van der Waals surface area contributed by atoms with Crippen molar-refractivity contribution < 1.29 is 9.53 Å². The van der Waals surface area contributed by atoms with E-state index in [1.165, 1.54) is 11.8 Å². The van der Waals surface area contributed by atoms with Crippen molar-refractivity contribution in [2.24, 2.45) is 0 Å². The van der Waals surface area contributed by atoms with Crippen molar-refractivity contribution >= 4 is 35.0 Å². The average Bonchev–Trinajstić information content (AvgIpc) is 3.19. The Bertz CT molecular complexity index is 1120. The summed E-state index contributed by atoms with van der Waals surface area (Å²) in [7, 11) is 0. The Morgan fingerprint density at radius 3 is 2.64 bits per heavy atom. The van der Waals surface area contributed by atoms with E-state index in [9.17, 15) is 4.79 Å². The SMILES string of the molecule is C=CCn1c(SCC(=O)Nc2ccccc2CC)nnc1C(C)Oc1cc(C)c(Cl)c(C)c1. The number of nitrogens with one attached hydrogen (secondary N) is 1. The van der Waals surface area contributed by atoms with Crippen molar-refractivity contribution in [3.8, 4) is 5.75 Å². The molecule has 6 nitrogen and oxygen atoms in total. The highest BCUT2D eigenvalue weighted by atomic mass is 35.5. The molecule has 3 rings (SSSR count). The molecule has 1 N–H and O–H groups in total. The summed E-state index contributed by atoms with van der Waals surface area (Å²) in [4.78, 5) is 12.6. The zero-order valence-corrected chi connectivity index (χ0v) is 21.0. The number of amides is 1. The number of carbonyl (C=O) groups is 1. The molecule has 1 unspecified atom stereocenters. The molecule has 0 saturated heterocycles. The minimum absolute atomic E-state index is 0.0907. The van der Waals surface area contributed by atoms with Gasteiger partial charge in [0.15, 0.2) is 17.1 Å². The maximum atomic E-state index is 12.6. The maximum Gasteiger partial charge on any atom is 0.234 e. The van der Waals surface area contributed by atoms with Crippen LogP contribution >= 0.6 is 23.4 Å². The molecule has 8 heteroatoms. The van der Waals surface area contributed by atoms with Gasteiger partial charge in [-0.1, -0.05) is 54.6 Å². The number of halogens is 1. The van der Waals surface area contributed by atoms with Gasteiger partial charge in [0.05, 0.1) is 5.75 Å². The Morgan fingerprint density at radius 1 is 1.27 bits per heavy atom. The van der Waals surface area contributed by atoms with Crippen LogP contribution in [-0.2, 0) is 17.8 Å². The predicted molar refractivity (Wildman–Crippen MR) is 135 cm³/mol. The van der Waals surface area contributed by atoms with Gasteiger partial charge in [-0.15, -0.1) is 16.8 Å². The van der Waals surface area contributed by atoms with E-state index in [2.05, 4.69) is 29.0 Å². The van der Waals surface area contributed by atoms with Crippen molar-refractivity contribution in [3.05, 3.63) is 76.6 Å². The Labute approximate surface area is 204 Å². The second-order valence-electron chi connectivity index (χ2n) is 7.72. The highest BCUT2D eigenvalue weighted by Crippen LogP contribution is 2.30. The lowest BCUT2D eigenvalue weighted by Gasteiger charge is -2.17. The van der Waals surface area contributed by atoms with Gasteiger partial charge in [0.25, 0.3) is 0 Å². The van der Waals surface area contributed by atoms with Crippen LogP contribution in [0.2, 0.25) is 5.02 Å². The first-order valence-electron chi connectivity index (χ1n) is 10.8. The first-order chi connectivity index (χ1) is 15.8. The quantitative estimate of drug-likeness (QED) is 0.275. The highest BCUT2D eigenvalue weighted by Gasteiger charge is 2.20. The lowest BCUT2D eigenvalue weighted by atomic mass is 10.1. The summed E-state index contributed by atoms with van der Waals surface area (Å²) >= 11 is 7.61. The fraction of sp³-hybridized carbons (Fsp3) is 0.320. The summed E-state index contributed by atoms with van der Waals surface area (Å²) in [6.45, 7) is 12.2. The monoisotopic (exact) mass is 484 g/mol. The largest absolute Gasteiger partial charge is 0.483 e. The third kappa shape index (κ3) is 6.18. The molecule has 0 spiro atoms. The van der Waals surface area contributed by atoms with Gasteiger partial charge in [0, 0.05) is 17.3 Å². The van der Waals surface area contributed by atoms with Crippen molar-refractivity contribution in [1.82, 2.24) is 14.8 Å². The summed E-state index contributed by atoms with van der Waals surface area (Å²) in [6.07, 6.45) is 2.28. The molecule has 3 aromatic rings. The number of hydrogen-bond acceptors (Lipinski definition) is 5. The van der Waals surface area contributed by atoms with Crippen LogP contribution in [0.15, 0.2) is 54.2 Å². The average molecular weight is 485 g/mol. The first kappa shape index (κ1) is 24.9. The Hall–Kier alpha value is -2.77. The number of benzene rings is 2. The van der Waals surface area contributed by atoms with Gasteiger partial charge in [-0.2, -0.15) is 0 Å². The van der Waals surface area contributed by atoms with E-state index in [1.807, 2.05) is 61.7 Å². The van der Waals surface area contributed by atoms with Gasteiger partial charge in [0.2, 0.25) is 5.91 Å². The van der Waals surface area contributed by atoms with Crippen LogP contribution in [0.1, 0.15) is 42.5 Å². The van der Waals surface area contributed by atoms with Gasteiger partial charge in [-0.3, -0.25) is 9.36 Å². The zero-order valence-electron chi connectivity index (χ0n) is 19.4. The molecule has 1 atom stereocenters. The number of para-hydroxylation sites is 1. The zero-order chi connectivity index (χ0) is 24.0. The summed E-state index contributed by atoms with van der Waals surface area (Å²) in [5, 5.41) is 13.0. The van der Waals surface area contributed by atoms with Crippen LogP contribution in [-0.4, -0.2) is 26.4 Å². The molecule has 0 aliphatic rings. The Balaban J connectivity index is 1.71. The van der Waals surface area contributed by atoms with Crippen LogP contribution in [0.25, 0.3) is 0 Å². The van der Waals surface area contributed by atoms with Crippen molar-refractivity contribution in [3.63, 3.8) is 0 Å². The predicted octanol–water partition coefficient (Wildman–Crippen LogP) is 6.17. The molecule has 33 heavy (non-hydrogen) atoms. The normalized spacial score (nSPS) is 11.8. The van der Waals surface area contributed by atoms with E-state index in [4.69, 9.17) is 16.3 Å². The molecule has 2 aromatic carbocycles. The second kappa shape index (κ2) is 11.4. The molecule has 0 aliphatic heterocycles. The van der Waals surface area contributed by atoms with Gasteiger partial charge < -0.3 is 10.1 Å². The third-order valence-electron chi connectivity index (χ3n) is 5.15.